The van der Waals surface area contributed by atoms with E-state index in [2.05, 4.69) is 4.98 Å². The van der Waals surface area contributed by atoms with Gasteiger partial charge in [0.1, 0.15) is 0 Å². The number of hydrogen-bond acceptors (Lipinski definition) is 3. The molecule has 0 N–H and O–H groups in total. The maximum atomic E-state index is 12.1. The molecule has 0 unspecified atom stereocenters. The van der Waals surface area contributed by atoms with Gasteiger partial charge in [0.2, 0.25) is 5.78 Å². The molecule has 3 aromatic rings. The molecule has 0 saturated heterocycles. The topological polar surface area (TPSA) is 43.1 Å². The first-order valence-electron chi connectivity index (χ1n) is 5.39. The van der Waals surface area contributed by atoms with E-state index in [0.29, 0.717) is 5.56 Å². The van der Waals surface area contributed by atoms with Gasteiger partial charge < -0.3 is 4.42 Å². The zero-order chi connectivity index (χ0) is 12.5. The van der Waals surface area contributed by atoms with Crippen LogP contribution in [0, 0.1) is 0 Å². The number of halogens is 1. The Labute approximate surface area is 108 Å². The van der Waals surface area contributed by atoms with E-state index in [1.165, 1.54) is 0 Å². The van der Waals surface area contributed by atoms with Crippen LogP contribution in [-0.4, -0.2) is 10.8 Å². The quantitative estimate of drug-likeness (QED) is 0.657. The molecule has 0 saturated carbocycles. The van der Waals surface area contributed by atoms with Gasteiger partial charge in [-0.2, -0.15) is 0 Å². The van der Waals surface area contributed by atoms with Gasteiger partial charge in [-0.25, -0.2) is 0 Å². The van der Waals surface area contributed by atoms with Crippen molar-refractivity contribution in [3.05, 3.63) is 65.2 Å². The average Bonchev–Trinajstić information content (AvgIpc) is 2.84. The molecule has 0 aliphatic heterocycles. The van der Waals surface area contributed by atoms with Crippen molar-refractivity contribution < 1.29 is 9.21 Å². The Bertz CT molecular complexity index is 733. The summed E-state index contributed by atoms with van der Waals surface area (Å²) in [6.07, 6.45) is 1.72. The van der Waals surface area contributed by atoms with Crippen LogP contribution in [0.2, 0.25) is 5.22 Å². The number of aromatic nitrogens is 1. The highest BCUT2D eigenvalue weighted by Gasteiger charge is 2.13. The van der Waals surface area contributed by atoms with Crippen molar-refractivity contribution >= 4 is 28.3 Å². The number of carbonyl (C=O) groups is 1. The standard InChI is InChI=1S/C14H8ClNO2/c15-13-6-5-12(18-13)14(17)10-3-4-11-9(8-10)2-1-7-16-11/h1-8H. The lowest BCUT2D eigenvalue weighted by Crippen LogP contribution is -1.99. The number of rotatable bonds is 2. The monoisotopic (exact) mass is 257 g/mol. The first kappa shape index (κ1) is 11.0. The van der Waals surface area contributed by atoms with Crippen molar-refractivity contribution in [1.29, 1.82) is 0 Å². The van der Waals surface area contributed by atoms with Gasteiger partial charge in [0, 0.05) is 17.1 Å². The second-order valence-corrected chi connectivity index (χ2v) is 4.22. The maximum absolute atomic E-state index is 12.1. The average molecular weight is 258 g/mol. The third kappa shape index (κ3) is 1.89. The Morgan fingerprint density at radius 2 is 2.06 bits per heavy atom. The van der Waals surface area contributed by atoms with Crippen molar-refractivity contribution in [1.82, 2.24) is 4.98 Å². The minimum Gasteiger partial charge on any atom is -0.441 e. The van der Waals surface area contributed by atoms with Gasteiger partial charge in [-0.15, -0.1) is 0 Å². The molecule has 0 aliphatic carbocycles. The molecule has 4 heteroatoms. The molecule has 0 radical (unpaired) electrons. The first-order valence-corrected chi connectivity index (χ1v) is 5.77. The van der Waals surface area contributed by atoms with Crippen LogP contribution >= 0.6 is 11.6 Å². The largest absolute Gasteiger partial charge is 0.441 e. The van der Waals surface area contributed by atoms with Crippen LogP contribution in [0.3, 0.4) is 0 Å². The molecule has 0 bridgehead atoms. The van der Waals surface area contributed by atoms with Crippen LogP contribution in [-0.2, 0) is 0 Å². The van der Waals surface area contributed by atoms with E-state index in [-0.39, 0.29) is 16.8 Å². The molecule has 2 heterocycles. The number of pyridine rings is 1. The SMILES string of the molecule is O=C(c1ccc2ncccc2c1)c1ccc(Cl)o1. The fourth-order valence-electron chi connectivity index (χ4n) is 1.80. The molecule has 3 nitrogen and oxygen atoms in total. The highest BCUT2D eigenvalue weighted by molar-refractivity contribution is 6.29. The number of hydrogen-bond donors (Lipinski definition) is 0. The first-order chi connectivity index (χ1) is 8.74. The van der Waals surface area contributed by atoms with Gasteiger partial charge in [0.15, 0.2) is 11.0 Å². The Balaban J connectivity index is 2.06. The second kappa shape index (κ2) is 4.27. The van der Waals surface area contributed by atoms with Crippen molar-refractivity contribution in [2.24, 2.45) is 0 Å². The molecule has 88 valence electrons. The van der Waals surface area contributed by atoms with Crippen LogP contribution in [0.1, 0.15) is 16.1 Å². The van der Waals surface area contributed by atoms with Crippen LogP contribution < -0.4 is 0 Å². The predicted molar refractivity (Wildman–Crippen MR) is 68.9 cm³/mol. The van der Waals surface area contributed by atoms with E-state index in [9.17, 15) is 4.79 Å². The Kier molecular flexibility index (Phi) is 2.61. The summed E-state index contributed by atoms with van der Waals surface area (Å²) in [4.78, 5) is 16.3. The van der Waals surface area contributed by atoms with E-state index in [0.717, 1.165) is 10.9 Å². The number of furan rings is 1. The van der Waals surface area contributed by atoms with E-state index >= 15 is 0 Å². The summed E-state index contributed by atoms with van der Waals surface area (Å²) in [5, 5.41) is 1.13. The van der Waals surface area contributed by atoms with Gasteiger partial charge in [0.05, 0.1) is 5.52 Å². The molecule has 0 atom stereocenters. The lowest BCUT2D eigenvalue weighted by molar-refractivity contribution is 0.101. The number of nitrogens with zero attached hydrogens (tertiary/aromatic N) is 1. The molecule has 0 amide bonds. The van der Waals surface area contributed by atoms with Gasteiger partial charge >= 0.3 is 0 Å². The molecule has 0 spiro atoms. The summed E-state index contributed by atoms with van der Waals surface area (Å²) in [5.74, 6) is 0.0518. The fourth-order valence-corrected chi connectivity index (χ4v) is 1.94. The minimum atomic E-state index is -0.187. The number of ketones is 1. The van der Waals surface area contributed by atoms with Crippen molar-refractivity contribution in [2.75, 3.05) is 0 Å². The van der Waals surface area contributed by atoms with E-state index in [1.807, 2.05) is 18.2 Å². The van der Waals surface area contributed by atoms with Crippen molar-refractivity contribution in [3.63, 3.8) is 0 Å². The molecule has 1 aromatic carbocycles. The molecule has 18 heavy (non-hydrogen) atoms. The van der Waals surface area contributed by atoms with Gasteiger partial charge in [-0.3, -0.25) is 9.78 Å². The lowest BCUT2D eigenvalue weighted by atomic mass is 10.1. The Hall–Kier alpha value is -2.13. The van der Waals surface area contributed by atoms with Gasteiger partial charge in [-0.05, 0) is 48.0 Å². The summed E-state index contributed by atoms with van der Waals surface area (Å²) in [7, 11) is 0. The molecular formula is C14H8ClNO2. The highest BCUT2D eigenvalue weighted by atomic mass is 35.5. The summed E-state index contributed by atoms with van der Waals surface area (Å²) < 4.78 is 5.11. The summed E-state index contributed by atoms with van der Waals surface area (Å²) in [6.45, 7) is 0. The zero-order valence-corrected chi connectivity index (χ0v) is 10.0. The maximum Gasteiger partial charge on any atom is 0.228 e. The molecule has 3 rings (SSSR count). The van der Waals surface area contributed by atoms with E-state index in [4.69, 9.17) is 16.0 Å². The molecule has 0 aliphatic rings. The minimum absolute atomic E-state index is 0.187. The van der Waals surface area contributed by atoms with Crippen LogP contribution in [0.25, 0.3) is 10.9 Å². The van der Waals surface area contributed by atoms with Gasteiger partial charge in [-0.1, -0.05) is 6.07 Å². The molecule has 2 aromatic heterocycles. The highest BCUT2D eigenvalue weighted by Crippen LogP contribution is 2.19. The number of benzene rings is 1. The molecular weight excluding hydrogens is 250 g/mol. The van der Waals surface area contributed by atoms with E-state index < -0.39 is 0 Å². The summed E-state index contributed by atoms with van der Waals surface area (Å²) in [6, 6.07) is 12.2. The third-order valence-electron chi connectivity index (χ3n) is 2.66. The van der Waals surface area contributed by atoms with Crippen LogP contribution in [0.4, 0.5) is 0 Å². The third-order valence-corrected chi connectivity index (χ3v) is 2.87. The smallest absolute Gasteiger partial charge is 0.228 e. The Morgan fingerprint density at radius 1 is 1.17 bits per heavy atom. The summed E-state index contributed by atoms with van der Waals surface area (Å²) in [5.41, 5.74) is 1.41. The number of fused-ring (bicyclic) bond motifs is 1. The predicted octanol–water partition coefficient (Wildman–Crippen LogP) is 3.71. The zero-order valence-electron chi connectivity index (χ0n) is 9.26. The second-order valence-electron chi connectivity index (χ2n) is 3.84. The summed E-state index contributed by atoms with van der Waals surface area (Å²) >= 11 is 5.66. The lowest BCUT2D eigenvalue weighted by Gasteiger charge is -2.00. The van der Waals surface area contributed by atoms with Crippen molar-refractivity contribution in [3.8, 4) is 0 Å². The normalized spacial score (nSPS) is 10.7. The van der Waals surface area contributed by atoms with E-state index in [1.54, 1.807) is 30.5 Å². The van der Waals surface area contributed by atoms with Gasteiger partial charge in [0.25, 0.3) is 0 Å². The van der Waals surface area contributed by atoms with Crippen LogP contribution in [0.5, 0.6) is 0 Å². The van der Waals surface area contributed by atoms with Crippen LogP contribution in [0.15, 0.2) is 53.1 Å². The van der Waals surface area contributed by atoms with Crippen molar-refractivity contribution in [2.45, 2.75) is 0 Å². The Morgan fingerprint density at radius 3 is 2.83 bits per heavy atom. The number of carbonyl (C=O) groups excluding carboxylic acids is 1. The molecule has 0 fully saturated rings. The fraction of sp³-hybridized carbons (Fsp3) is 0.